The van der Waals surface area contributed by atoms with Gasteiger partial charge in [-0.2, -0.15) is 0 Å². The highest BCUT2D eigenvalue weighted by Gasteiger charge is 2.17. The number of hydrogen-bond donors (Lipinski definition) is 1. The molecule has 0 radical (unpaired) electrons. The minimum Gasteiger partial charge on any atom is -0.490 e. The monoisotopic (exact) mass is 385 g/mol. The smallest absolute Gasteiger partial charge is 0.256 e. The highest BCUT2D eigenvalue weighted by molar-refractivity contribution is 6.04. The van der Waals surface area contributed by atoms with Crippen molar-refractivity contribution in [2.24, 2.45) is 0 Å². The molecule has 1 N–H and O–H groups in total. The lowest BCUT2D eigenvalue weighted by molar-refractivity contribution is 0.102. The second-order valence-electron chi connectivity index (χ2n) is 6.53. The maximum absolute atomic E-state index is 12.7. The van der Waals surface area contributed by atoms with Crippen LogP contribution in [0.5, 0.6) is 11.5 Å². The van der Waals surface area contributed by atoms with Gasteiger partial charge in [0, 0.05) is 37.8 Å². The first-order valence-electron chi connectivity index (χ1n) is 9.57. The number of anilines is 2. The normalized spacial score (nSPS) is 14.6. The summed E-state index contributed by atoms with van der Waals surface area (Å²) in [6.45, 7) is 8.59. The molecule has 0 bridgehead atoms. The van der Waals surface area contributed by atoms with Crippen molar-refractivity contribution in [1.82, 2.24) is 14.9 Å². The fourth-order valence-electron chi connectivity index (χ4n) is 3.00. The molecule has 8 heteroatoms. The van der Waals surface area contributed by atoms with Gasteiger partial charge in [-0.15, -0.1) is 0 Å². The van der Waals surface area contributed by atoms with E-state index < -0.39 is 0 Å². The minimum atomic E-state index is -0.257. The molecule has 1 amide bonds. The molecule has 0 saturated carbocycles. The first kappa shape index (κ1) is 19.9. The Morgan fingerprint density at radius 1 is 1.04 bits per heavy atom. The summed E-state index contributed by atoms with van der Waals surface area (Å²) in [5.74, 6) is 2.21. The molecule has 3 rings (SSSR count). The van der Waals surface area contributed by atoms with E-state index in [1.54, 1.807) is 24.3 Å². The Balaban J connectivity index is 1.72. The van der Waals surface area contributed by atoms with Crippen molar-refractivity contribution in [3.05, 3.63) is 36.2 Å². The van der Waals surface area contributed by atoms with Crippen LogP contribution in [0.25, 0.3) is 0 Å². The lowest BCUT2D eigenvalue weighted by atomic mass is 10.2. The Hall–Kier alpha value is -2.87. The Morgan fingerprint density at radius 2 is 1.75 bits per heavy atom. The average Bonchev–Trinajstić information content (AvgIpc) is 2.70. The molecule has 0 atom stereocenters. The van der Waals surface area contributed by atoms with Gasteiger partial charge in [-0.05, 0) is 39.1 Å². The zero-order valence-electron chi connectivity index (χ0n) is 16.6. The average molecular weight is 385 g/mol. The van der Waals surface area contributed by atoms with Gasteiger partial charge in [0.1, 0.15) is 18.0 Å². The Labute approximate surface area is 165 Å². The van der Waals surface area contributed by atoms with E-state index in [4.69, 9.17) is 9.47 Å². The Morgan fingerprint density at radius 3 is 2.46 bits per heavy atom. The van der Waals surface area contributed by atoms with Crippen LogP contribution < -0.4 is 19.7 Å². The largest absolute Gasteiger partial charge is 0.490 e. The number of rotatable bonds is 7. The van der Waals surface area contributed by atoms with Gasteiger partial charge in [-0.1, -0.05) is 0 Å². The molecule has 1 fully saturated rings. The number of nitrogens with one attached hydrogen (secondary N) is 1. The van der Waals surface area contributed by atoms with Gasteiger partial charge in [-0.3, -0.25) is 4.79 Å². The zero-order valence-corrected chi connectivity index (χ0v) is 16.6. The highest BCUT2D eigenvalue weighted by Crippen LogP contribution is 2.29. The van der Waals surface area contributed by atoms with E-state index in [1.807, 2.05) is 13.8 Å². The molecule has 28 heavy (non-hydrogen) atoms. The van der Waals surface area contributed by atoms with Crippen LogP contribution in [-0.4, -0.2) is 67.2 Å². The maximum atomic E-state index is 12.7. The number of nitrogens with zero attached hydrogens (tertiary/aromatic N) is 4. The van der Waals surface area contributed by atoms with Gasteiger partial charge in [0.25, 0.3) is 5.91 Å². The summed E-state index contributed by atoms with van der Waals surface area (Å²) in [7, 11) is 2.11. The molecule has 0 spiro atoms. The molecule has 1 aromatic carbocycles. The summed E-state index contributed by atoms with van der Waals surface area (Å²) in [6.07, 6.45) is 1.48. The van der Waals surface area contributed by atoms with Crippen LogP contribution in [0.15, 0.2) is 30.6 Å². The standard InChI is InChI=1S/C20H27N5O3/c1-4-27-16-7-6-15(12-17(16)28-5-2)20(26)23-18-13-19(22-14-21-18)25-10-8-24(3)9-11-25/h6-7,12-14H,4-5,8-11H2,1-3H3,(H,21,22,23,26). The maximum Gasteiger partial charge on any atom is 0.256 e. The number of benzene rings is 1. The molecular formula is C20H27N5O3. The zero-order chi connectivity index (χ0) is 19.9. The highest BCUT2D eigenvalue weighted by atomic mass is 16.5. The van der Waals surface area contributed by atoms with Gasteiger partial charge in [-0.25, -0.2) is 9.97 Å². The lowest BCUT2D eigenvalue weighted by Crippen LogP contribution is -2.44. The molecular weight excluding hydrogens is 358 g/mol. The first-order valence-corrected chi connectivity index (χ1v) is 9.57. The molecule has 150 valence electrons. The van der Waals surface area contributed by atoms with E-state index in [-0.39, 0.29) is 5.91 Å². The van der Waals surface area contributed by atoms with Crippen molar-refractivity contribution in [1.29, 1.82) is 0 Å². The van der Waals surface area contributed by atoms with E-state index in [1.165, 1.54) is 6.33 Å². The lowest BCUT2D eigenvalue weighted by Gasteiger charge is -2.33. The van der Waals surface area contributed by atoms with E-state index >= 15 is 0 Å². The summed E-state index contributed by atoms with van der Waals surface area (Å²) in [4.78, 5) is 25.7. The molecule has 0 unspecified atom stereocenters. The van der Waals surface area contributed by atoms with Crippen molar-refractivity contribution in [3.63, 3.8) is 0 Å². The van der Waals surface area contributed by atoms with Crippen LogP contribution in [0, 0.1) is 0 Å². The van der Waals surface area contributed by atoms with Gasteiger partial charge >= 0.3 is 0 Å². The van der Waals surface area contributed by atoms with Gasteiger partial charge in [0.2, 0.25) is 0 Å². The number of carbonyl (C=O) groups excluding carboxylic acids is 1. The van der Waals surface area contributed by atoms with Crippen LogP contribution in [0.2, 0.25) is 0 Å². The second kappa shape index (κ2) is 9.36. The van der Waals surface area contributed by atoms with Crippen molar-refractivity contribution < 1.29 is 14.3 Å². The Kier molecular flexibility index (Phi) is 6.65. The number of hydrogen-bond acceptors (Lipinski definition) is 7. The molecule has 1 aliphatic rings. The van der Waals surface area contributed by atoms with Crippen LogP contribution in [0.1, 0.15) is 24.2 Å². The molecule has 8 nitrogen and oxygen atoms in total. The number of ether oxygens (including phenoxy) is 2. The summed E-state index contributed by atoms with van der Waals surface area (Å²) in [5.41, 5.74) is 0.478. The predicted octanol–water partition coefficient (Wildman–Crippen LogP) is 2.28. The number of aromatic nitrogens is 2. The van der Waals surface area contributed by atoms with Gasteiger partial charge in [0.05, 0.1) is 13.2 Å². The topological polar surface area (TPSA) is 79.8 Å². The Bertz CT molecular complexity index is 806. The number of carbonyl (C=O) groups is 1. The third-order valence-corrected chi connectivity index (χ3v) is 4.53. The quantitative estimate of drug-likeness (QED) is 0.783. The van der Waals surface area contributed by atoms with Crippen molar-refractivity contribution in [3.8, 4) is 11.5 Å². The van der Waals surface area contributed by atoms with Gasteiger partial charge < -0.3 is 24.6 Å². The summed E-state index contributed by atoms with van der Waals surface area (Å²) >= 11 is 0. The van der Waals surface area contributed by atoms with Crippen molar-refractivity contribution in [2.75, 3.05) is 56.7 Å². The predicted molar refractivity (Wildman–Crippen MR) is 108 cm³/mol. The van der Waals surface area contributed by atoms with Crippen molar-refractivity contribution in [2.45, 2.75) is 13.8 Å². The minimum absolute atomic E-state index is 0.257. The van der Waals surface area contributed by atoms with Gasteiger partial charge in [0.15, 0.2) is 11.5 Å². The van der Waals surface area contributed by atoms with Crippen LogP contribution in [-0.2, 0) is 0 Å². The van der Waals surface area contributed by atoms with E-state index in [2.05, 4.69) is 32.1 Å². The summed E-state index contributed by atoms with van der Waals surface area (Å²) in [5, 5.41) is 2.84. The summed E-state index contributed by atoms with van der Waals surface area (Å²) in [6, 6.07) is 6.96. The molecule has 1 saturated heterocycles. The number of likely N-dealkylation sites (N-methyl/N-ethyl adjacent to an activating group) is 1. The van der Waals surface area contributed by atoms with E-state index in [9.17, 15) is 4.79 Å². The van der Waals surface area contributed by atoms with Crippen molar-refractivity contribution >= 4 is 17.5 Å². The third kappa shape index (κ3) is 4.89. The fraction of sp³-hybridized carbons (Fsp3) is 0.450. The van der Waals surface area contributed by atoms with Crippen LogP contribution in [0.4, 0.5) is 11.6 Å². The van der Waals surface area contributed by atoms with Crippen LogP contribution in [0.3, 0.4) is 0 Å². The molecule has 0 aliphatic carbocycles. The second-order valence-corrected chi connectivity index (χ2v) is 6.53. The SMILES string of the molecule is CCOc1ccc(C(=O)Nc2cc(N3CCN(C)CC3)ncn2)cc1OCC. The summed E-state index contributed by atoms with van der Waals surface area (Å²) < 4.78 is 11.1. The molecule has 1 aromatic heterocycles. The molecule has 1 aliphatic heterocycles. The van der Waals surface area contributed by atoms with E-state index in [0.717, 1.165) is 32.0 Å². The number of piperazine rings is 1. The molecule has 2 aromatic rings. The first-order chi connectivity index (χ1) is 13.6. The van der Waals surface area contributed by atoms with E-state index in [0.29, 0.717) is 36.1 Å². The molecule has 2 heterocycles. The third-order valence-electron chi connectivity index (χ3n) is 4.53. The van der Waals surface area contributed by atoms with Crippen LogP contribution >= 0.6 is 0 Å². The number of amides is 1. The fourth-order valence-corrected chi connectivity index (χ4v) is 3.00.